The van der Waals surface area contributed by atoms with Crippen molar-refractivity contribution < 1.29 is 15.0 Å². The summed E-state index contributed by atoms with van der Waals surface area (Å²) in [5.41, 5.74) is 0.118. The Morgan fingerprint density at radius 3 is 2.33 bits per heavy atom. The van der Waals surface area contributed by atoms with Crippen molar-refractivity contribution in [2.24, 2.45) is 5.41 Å². The zero-order valence-electron chi connectivity index (χ0n) is 9.49. The van der Waals surface area contributed by atoms with E-state index in [0.29, 0.717) is 0 Å². The van der Waals surface area contributed by atoms with Crippen molar-refractivity contribution in [1.82, 2.24) is 0 Å². The Labute approximate surface area is 90.8 Å². The van der Waals surface area contributed by atoms with Crippen LogP contribution >= 0.6 is 0 Å². The Balaban J connectivity index is 2.67. The van der Waals surface area contributed by atoms with Gasteiger partial charge in [-0.2, -0.15) is 0 Å². The monoisotopic (exact) mass is 212 g/mol. The lowest BCUT2D eigenvalue weighted by atomic mass is 9.83. The number of carboxylic acids is 1. The molecule has 2 N–H and O–H groups in total. The molecule has 1 unspecified atom stereocenters. The van der Waals surface area contributed by atoms with Crippen LogP contribution in [0, 0.1) is 5.41 Å². The molecule has 0 aromatic heterocycles. The van der Waals surface area contributed by atoms with E-state index in [-0.39, 0.29) is 0 Å². The Kier molecular flexibility index (Phi) is 3.91. The van der Waals surface area contributed by atoms with Crippen molar-refractivity contribution in [2.75, 3.05) is 0 Å². The highest BCUT2D eigenvalue weighted by Crippen LogP contribution is 2.28. The fraction of sp³-hybridized carbons (Fsp3) is 0.750. The van der Waals surface area contributed by atoms with Crippen molar-refractivity contribution >= 4 is 5.97 Å². The Morgan fingerprint density at radius 2 is 1.87 bits per heavy atom. The summed E-state index contributed by atoms with van der Waals surface area (Å²) in [6.07, 6.45) is 6.43. The number of carbonyl (C=O) groups is 1. The second kappa shape index (κ2) is 4.79. The van der Waals surface area contributed by atoms with Crippen LogP contribution < -0.4 is 0 Å². The maximum atomic E-state index is 10.9. The molecule has 0 amide bonds. The van der Waals surface area contributed by atoms with E-state index in [9.17, 15) is 9.90 Å². The van der Waals surface area contributed by atoms with Crippen molar-refractivity contribution in [1.29, 1.82) is 0 Å². The van der Waals surface area contributed by atoms with E-state index in [0.717, 1.165) is 25.7 Å². The summed E-state index contributed by atoms with van der Waals surface area (Å²) in [7, 11) is 0. The number of rotatable bonds is 3. The van der Waals surface area contributed by atoms with Gasteiger partial charge in [0, 0.05) is 0 Å². The van der Waals surface area contributed by atoms with E-state index in [1.165, 1.54) is 12.0 Å². The van der Waals surface area contributed by atoms with Gasteiger partial charge in [0.25, 0.3) is 0 Å². The lowest BCUT2D eigenvalue weighted by molar-refractivity contribution is -0.151. The van der Waals surface area contributed by atoms with E-state index in [1.54, 1.807) is 19.9 Å². The van der Waals surface area contributed by atoms with E-state index >= 15 is 0 Å². The van der Waals surface area contributed by atoms with Crippen LogP contribution in [0.25, 0.3) is 0 Å². The molecule has 1 atom stereocenters. The van der Waals surface area contributed by atoms with Crippen molar-refractivity contribution in [2.45, 2.75) is 52.1 Å². The maximum absolute atomic E-state index is 10.9. The highest BCUT2D eigenvalue weighted by Gasteiger charge is 2.34. The summed E-state index contributed by atoms with van der Waals surface area (Å²) in [4.78, 5) is 10.9. The fourth-order valence-corrected chi connectivity index (χ4v) is 1.73. The SMILES string of the molecule is CC(C)(C(=O)O)C(O)C=C1CCCCC1. The van der Waals surface area contributed by atoms with Gasteiger partial charge in [-0.15, -0.1) is 0 Å². The summed E-state index contributed by atoms with van der Waals surface area (Å²) >= 11 is 0. The van der Waals surface area contributed by atoms with Crippen molar-refractivity contribution in [3.8, 4) is 0 Å². The number of aliphatic hydroxyl groups excluding tert-OH is 1. The molecule has 0 aromatic carbocycles. The minimum absolute atomic E-state index is 0.886. The molecule has 1 fully saturated rings. The van der Waals surface area contributed by atoms with Crippen LogP contribution in [-0.2, 0) is 4.79 Å². The van der Waals surface area contributed by atoms with Gasteiger partial charge >= 0.3 is 5.97 Å². The number of aliphatic carboxylic acids is 1. The fourth-order valence-electron chi connectivity index (χ4n) is 1.73. The second-order valence-electron chi connectivity index (χ2n) is 4.86. The quantitative estimate of drug-likeness (QED) is 0.706. The van der Waals surface area contributed by atoms with E-state index in [2.05, 4.69) is 0 Å². The van der Waals surface area contributed by atoms with Crippen LogP contribution in [0.3, 0.4) is 0 Å². The predicted molar refractivity (Wildman–Crippen MR) is 58.6 cm³/mol. The number of carboxylic acid groups (broad SMARTS) is 1. The molecule has 1 aliphatic rings. The summed E-state index contributed by atoms with van der Waals surface area (Å²) < 4.78 is 0. The van der Waals surface area contributed by atoms with Crippen LogP contribution in [-0.4, -0.2) is 22.3 Å². The standard InChI is InChI=1S/C12H20O3/c1-12(2,11(14)15)10(13)8-9-6-4-3-5-7-9/h8,10,13H,3-7H2,1-2H3,(H,14,15). The first-order valence-corrected chi connectivity index (χ1v) is 5.55. The third-order valence-electron chi connectivity index (χ3n) is 3.18. The molecule has 15 heavy (non-hydrogen) atoms. The van der Waals surface area contributed by atoms with Gasteiger partial charge in [-0.3, -0.25) is 4.79 Å². The molecule has 3 heteroatoms. The molecule has 0 radical (unpaired) electrons. The Hall–Kier alpha value is -0.830. The molecule has 0 bridgehead atoms. The zero-order chi connectivity index (χ0) is 11.5. The maximum Gasteiger partial charge on any atom is 0.312 e. The third-order valence-corrected chi connectivity index (χ3v) is 3.18. The first-order chi connectivity index (χ1) is 6.94. The Bertz CT molecular complexity index is 258. The molecular formula is C12H20O3. The largest absolute Gasteiger partial charge is 0.481 e. The molecule has 0 heterocycles. The van der Waals surface area contributed by atoms with Gasteiger partial charge in [0.1, 0.15) is 0 Å². The van der Waals surface area contributed by atoms with Crippen LogP contribution in [0.4, 0.5) is 0 Å². The number of hydrogen-bond acceptors (Lipinski definition) is 2. The van der Waals surface area contributed by atoms with Crippen molar-refractivity contribution in [3.63, 3.8) is 0 Å². The van der Waals surface area contributed by atoms with E-state index in [1.807, 2.05) is 0 Å². The summed E-state index contributed by atoms with van der Waals surface area (Å²) in [5, 5.41) is 18.8. The Morgan fingerprint density at radius 1 is 1.33 bits per heavy atom. The van der Waals surface area contributed by atoms with E-state index in [4.69, 9.17) is 5.11 Å². The number of aliphatic hydroxyl groups is 1. The van der Waals surface area contributed by atoms with Gasteiger partial charge in [-0.05, 0) is 39.5 Å². The molecule has 0 spiro atoms. The van der Waals surface area contributed by atoms with Crippen LogP contribution in [0.2, 0.25) is 0 Å². The average Bonchev–Trinajstić information content (AvgIpc) is 2.18. The molecule has 0 saturated heterocycles. The van der Waals surface area contributed by atoms with Gasteiger partial charge in [0.2, 0.25) is 0 Å². The first-order valence-electron chi connectivity index (χ1n) is 5.55. The topological polar surface area (TPSA) is 57.5 Å². The van der Waals surface area contributed by atoms with Gasteiger partial charge in [0.05, 0.1) is 11.5 Å². The van der Waals surface area contributed by atoms with Crippen LogP contribution in [0.5, 0.6) is 0 Å². The van der Waals surface area contributed by atoms with E-state index < -0.39 is 17.5 Å². The lowest BCUT2D eigenvalue weighted by Gasteiger charge is -2.25. The second-order valence-corrected chi connectivity index (χ2v) is 4.86. The minimum atomic E-state index is -1.09. The number of hydrogen-bond donors (Lipinski definition) is 2. The zero-order valence-corrected chi connectivity index (χ0v) is 9.49. The predicted octanol–water partition coefficient (Wildman–Crippen LogP) is 2.35. The minimum Gasteiger partial charge on any atom is -0.481 e. The average molecular weight is 212 g/mol. The molecule has 1 aliphatic carbocycles. The smallest absolute Gasteiger partial charge is 0.312 e. The van der Waals surface area contributed by atoms with Gasteiger partial charge in [0.15, 0.2) is 0 Å². The molecule has 3 nitrogen and oxygen atoms in total. The van der Waals surface area contributed by atoms with Crippen molar-refractivity contribution in [3.05, 3.63) is 11.6 Å². The van der Waals surface area contributed by atoms with Crippen LogP contribution in [0.1, 0.15) is 46.0 Å². The highest BCUT2D eigenvalue weighted by atomic mass is 16.4. The van der Waals surface area contributed by atoms with Crippen LogP contribution in [0.15, 0.2) is 11.6 Å². The molecule has 86 valence electrons. The highest BCUT2D eigenvalue weighted by molar-refractivity contribution is 5.74. The van der Waals surface area contributed by atoms with Gasteiger partial charge in [-0.25, -0.2) is 0 Å². The lowest BCUT2D eigenvalue weighted by Crippen LogP contribution is -2.36. The van der Waals surface area contributed by atoms with Gasteiger partial charge in [-0.1, -0.05) is 18.1 Å². The summed E-state index contributed by atoms with van der Waals surface area (Å²) in [6.45, 7) is 3.11. The molecule has 1 rings (SSSR count). The normalized spacial score (nSPS) is 19.8. The molecule has 0 aliphatic heterocycles. The summed E-state index contributed by atoms with van der Waals surface area (Å²) in [5.74, 6) is -0.956. The van der Waals surface area contributed by atoms with Gasteiger partial charge < -0.3 is 10.2 Å². The number of allylic oxidation sites excluding steroid dienone is 1. The molecule has 0 aromatic rings. The molecular weight excluding hydrogens is 192 g/mol. The molecule has 1 saturated carbocycles. The summed E-state index contributed by atoms with van der Waals surface area (Å²) in [6, 6.07) is 0. The first kappa shape index (κ1) is 12.2. The third kappa shape index (κ3) is 3.06.